The van der Waals surface area contributed by atoms with Gasteiger partial charge in [0.2, 0.25) is 5.91 Å². The maximum Gasteiger partial charge on any atom is 0.225 e. The van der Waals surface area contributed by atoms with Crippen molar-refractivity contribution < 1.29 is 4.79 Å². The number of carbonyl (C=O) groups is 1. The summed E-state index contributed by atoms with van der Waals surface area (Å²) in [6, 6.07) is 3.62. The fourth-order valence-electron chi connectivity index (χ4n) is 1.46. The quantitative estimate of drug-likeness (QED) is 0.848. The van der Waals surface area contributed by atoms with Gasteiger partial charge in [0.25, 0.3) is 0 Å². The van der Waals surface area contributed by atoms with Gasteiger partial charge in [-0.2, -0.15) is 0 Å². The van der Waals surface area contributed by atoms with E-state index in [-0.39, 0.29) is 5.91 Å². The first-order chi connectivity index (χ1) is 8.11. The fourth-order valence-corrected chi connectivity index (χ4v) is 1.70. The molecule has 0 fully saturated rings. The molecule has 94 valence electrons. The number of nitrogens with one attached hydrogen (secondary N) is 1. The molecule has 0 bridgehead atoms. The number of nitrogens with zero attached hydrogens (tertiary/aromatic N) is 1. The summed E-state index contributed by atoms with van der Waals surface area (Å²) in [5.41, 5.74) is 5.46. The topological polar surface area (TPSA) is 68.0 Å². The third kappa shape index (κ3) is 5.79. The van der Waals surface area contributed by atoms with Crippen LogP contribution in [0.5, 0.6) is 0 Å². The van der Waals surface area contributed by atoms with Crippen LogP contribution in [0.3, 0.4) is 0 Å². The Morgan fingerprint density at radius 2 is 2.29 bits per heavy atom. The maximum atomic E-state index is 11.6. The second kappa shape index (κ2) is 7.40. The first kappa shape index (κ1) is 14.1. The smallest absolute Gasteiger partial charge is 0.225 e. The molecule has 0 aliphatic carbocycles. The van der Waals surface area contributed by atoms with E-state index in [9.17, 15) is 4.79 Å². The largest absolute Gasteiger partial charge is 0.330 e. The van der Waals surface area contributed by atoms with E-state index in [1.165, 1.54) is 0 Å². The number of anilines is 1. The minimum Gasteiger partial charge on any atom is -0.330 e. The highest BCUT2D eigenvalue weighted by Crippen LogP contribution is 2.12. The monoisotopic (exact) mass is 299 g/mol. The van der Waals surface area contributed by atoms with Crippen LogP contribution >= 0.6 is 15.9 Å². The molecule has 0 aliphatic rings. The van der Waals surface area contributed by atoms with Gasteiger partial charge in [0.15, 0.2) is 0 Å². The fraction of sp³-hybridized carbons (Fsp3) is 0.500. The number of nitrogens with two attached hydrogens (primary N) is 1. The first-order valence-electron chi connectivity index (χ1n) is 5.73. The van der Waals surface area contributed by atoms with E-state index in [0.717, 1.165) is 17.3 Å². The van der Waals surface area contributed by atoms with Crippen LogP contribution in [0.25, 0.3) is 0 Å². The van der Waals surface area contributed by atoms with Crippen molar-refractivity contribution in [3.8, 4) is 0 Å². The Labute approximate surface area is 110 Å². The number of hydrogen-bond donors (Lipinski definition) is 2. The SMILES string of the molecule is CC(CCN)CCC(=O)Nc1ccc(Br)cn1. The molecule has 5 heteroatoms. The van der Waals surface area contributed by atoms with Gasteiger partial charge >= 0.3 is 0 Å². The minimum atomic E-state index is 0.00342. The summed E-state index contributed by atoms with van der Waals surface area (Å²) in [5.74, 6) is 1.08. The van der Waals surface area contributed by atoms with Crippen LogP contribution in [0.15, 0.2) is 22.8 Å². The van der Waals surface area contributed by atoms with Crippen LogP contribution in [-0.2, 0) is 4.79 Å². The number of rotatable bonds is 6. The maximum absolute atomic E-state index is 11.6. The van der Waals surface area contributed by atoms with E-state index < -0.39 is 0 Å². The normalized spacial score (nSPS) is 12.2. The molecule has 0 aromatic carbocycles. The Morgan fingerprint density at radius 3 is 2.88 bits per heavy atom. The van der Waals surface area contributed by atoms with Gasteiger partial charge < -0.3 is 11.1 Å². The predicted octanol–water partition coefficient (Wildman–Crippen LogP) is 2.55. The highest BCUT2D eigenvalue weighted by Gasteiger charge is 2.07. The van der Waals surface area contributed by atoms with Gasteiger partial charge in [0, 0.05) is 17.1 Å². The molecule has 1 unspecified atom stereocenters. The van der Waals surface area contributed by atoms with Crippen LogP contribution < -0.4 is 11.1 Å². The molecule has 1 rings (SSSR count). The zero-order chi connectivity index (χ0) is 12.7. The average molecular weight is 300 g/mol. The van der Waals surface area contributed by atoms with Crippen LogP contribution in [0.1, 0.15) is 26.2 Å². The van der Waals surface area contributed by atoms with Gasteiger partial charge in [0.1, 0.15) is 5.82 Å². The molecule has 0 aliphatic heterocycles. The van der Waals surface area contributed by atoms with Crippen molar-refractivity contribution in [1.29, 1.82) is 0 Å². The molecule has 1 atom stereocenters. The molecule has 0 spiro atoms. The molecular formula is C12H18BrN3O. The van der Waals surface area contributed by atoms with Gasteiger partial charge in [-0.25, -0.2) is 4.98 Å². The van der Waals surface area contributed by atoms with E-state index in [2.05, 4.69) is 33.2 Å². The predicted molar refractivity (Wildman–Crippen MR) is 72.6 cm³/mol. The van der Waals surface area contributed by atoms with E-state index >= 15 is 0 Å². The lowest BCUT2D eigenvalue weighted by molar-refractivity contribution is -0.116. The average Bonchev–Trinajstić information content (AvgIpc) is 2.30. The van der Waals surface area contributed by atoms with Crippen molar-refractivity contribution in [2.75, 3.05) is 11.9 Å². The molecule has 1 heterocycles. The van der Waals surface area contributed by atoms with Crippen LogP contribution in [0.2, 0.25) is 0 Å². The molecule has 17 heavy (non-hydrogen) atoms. The minimum absolute atomic E-state index is 0.00342. The lowest BCUT2D eigenvalue weighted by Crippen LogP contribution is -2.14. The van der Waals surface area contributed by atoms with Gasteiger partial charge in [-0.15, -0.1) is 0 Å². The number of aromatic nitrogens is 1. The Balaban J connectivity index is 2.32. The second-order valence-electron chi connectivity index (χ2n) is 4.13. The van der Waals surface area contributed by atoms with Gasteiger partial charge in [0.05, 0.1) is 0 Å². The molecule has 0 saturated carbocycles. The van der Waals surface area contributed by atoms with E-state index in [1.54, 1.807) is 12.3 Å². The molecule has 1 aromatic rings. The second-order valence-corrected chi connectivity index (χ2v) is 5.05. The third-order valence-corrected chi connectivity index (χ3v) is 2.99. The molecule has 1 amide bonds. The van der Waals surface area contributed by atoms with Gasteiger partial charge in [-0.05, 0) is 53.4 Å². The Kier molecular flexibility index (Phi) is 6.15. The lowest BCUT2D eigenvalue weighted by Gasteiger charge is -2.09. The zero-order valence-electron chi connectivity index (χ0n) is 9.95. The summed E-state index contributed by atoms with van der Waals surface area (Å²) >= 11 is 3.29. The summed E-state index contributed by atoms with van der Waals surface area (Å²) in [6.07, 6.45) is 3.99. The zero-order valence-corrected chi connectivity index (χ0v) is 11.5. The van der Waals surface area contributed by atoms with Crippen LogP contribution in [0, 0.1) is 5.92 Å². The van der Waals surface area contributed by atoms with Gasteiger partial charge in [-0.1, -0.05) is 6.92 Å². The van der Waals surface area contributed by atoms with Crippen LogP contribution in [0.4, 0.5) is 5.82 Å². The molecule has 3 N–H and O–H groups in total. The van der Waals surface area contributed by atoms with E-state index in [1.807, 2.05) is 6.07 Å². The molecular weight excluding hydrogens is 282 g/mol. The lowest BCUT2D eigenvalue weighted by atomic mass is 10.0. The van der Waals surface area contributed by atoms with Crippen molar-refractivity contribution in [1.82, 2.24) is 4.98 Å². The number of halogens is 1. The summed E-state index contributed by atoms with van der Waals surface area (Å²) in [7, 11) is 0. The van der Waals surface area contributed by atoms with Gasteiger partial charge in [-0.3, -0.25) is 4.79 Å². The number of carbonyl (C=O) groups excluding carboxylic acids is 1. The Morgan fingerprint density at radius 1 is 1.53 bits per heavy atom. The van der Waals surface area contributed by atoms with Crippen molar-refractivity contribution in [2.24, 2.45) is 11.7 Å². The summed E-state index contributed by atoms with van der Waals surface area (Å²) in [5, 5.41) is 2.76. The van der Waals surface area contributed by atoms with Crippen LogP contribution in [-0.4, -0.2) is 17.4 Å². The van der Waals surface area contributed by atoms with E-state index in [0.29, 0.717) is 24.7 Å². The molecule has 0 radical (unpaired) electrons. The summed E-state index contributed by atoms with van der Waals surface area (Å²) in [4.78, 5) is 15.7. The third-order valence-electron chi connectivity index (χ3n) is 2.52. The Hall–Kier alpha value is -0.940. The van der Waals surface area contributed by atoms with Crippen molar-refractivity contribution >= 4 is 27.7 Å². The molecule has 1 aromatic heterocycles. The standard InChI is InChI=1S/C12H18BrN3O/c1-9(6-7-14)2-5-12(17)16-11-4-3-10(13)8-15-11/h3-4,8-9H,2,5-7,14H2,1H3,(H,15,16,17). The summed E-state index contributed by atoms with van der Waals surface area (Å²) < 4.78 is 0.895. The molecule has 0 saturated heterocycles. The van der Waals surface area contributed by atoms with Crippen molar-refractivity contribution in [3.05, 3.63) is 22.8 Å². The first-order valence-corrected chi connectivity index (χ1v) is 6.52. The van der Waals surface area contributed by atoms with E-state index in [4.69, 9.17) is 5.73 Å². The Bertz CT molecular complexity index is 353. The highest BCUT2D eigenvalue weighted by molar-refractivity contribution is 9.10. The number of amides is 1. The van der Waals surface area contributed by atoms with Crippen molar-refractivity contribution in [2.45, 2.75) is 26.2 Å². The van der Waals surface area contributed by atoms with Crippen molar-refractivity contribution in [3.63, 3.8) is 0 Å². The number of pyridine rings is 1. The number of hydrogen-bond acceptors (Lipinski definition) is 3. The highest BCUT2D eigenvalue weighted by atomic mass is 79.9. The summed E-state index contributed by atoms with van der Waals surface area (Å²) in [6.45, 7) is 2.79. The molecule has 4 nitrogen and oxygen atoms in total.